The molecule has 0 unspecified atom stereocenters. The molecular formula is C28H28ClN3O3. The number of hydrogen-bond acceptors (Lipinski definition) is 4. The summed E-state index contributed by atoms with van der Waals surface area (Å²) in [6, 6.07) is 23.2. The normalized spacial score (nSPS) is 16.7. The first-order valence-electron chi connectivity index (χ1n) is 11.9. The molecule has 0 bridgehead atoms. The quantitative estimate of drug-likeness (QED) is 0.369. The lowest BCUT2D eigenvalue weighted by molar-refractivity contribution is -0.117. The fourth-order valence-electron chi connectivity index (χ4n) is 4.65. The molecule has 4 aromatic rings. The topological polar surface area (TPSA) is 67.6 Å². The summed E-state index contributed by atoms with van der Waals surface area (Å²) in [6.07, 6.45) is 0.562. The molecule has 3 aromatic carbocycles. The zero-order valence-electron chi connectivity index (χ0n) is 19.6. The van der Waals surface area contributed by atoms with Crippen molar-refractivity contribution in [1.82, 2.24) is 9.55 Å². The Morgan fingerprint density at radius 3 is 2.60 bits per heavy atom. The van der Waals surface area contributed by atoms with Crippen molar-refractivity contribution in [2.75, 3.05) is 18.1 Å². The predicted octanol–water partition coefficient (Wildman–Crippen LogP) is 5.21. The smallest absolute Gasteiger partial charge is 0.227 e. The van der Waals surface area contributed by atoms with Gasteiger partial charge in [0.1, 0.15) is 24.3 Å². The van der Waals surface area contributed by atoms with E-state index in [0.29, 0.717) is 30.3 Å². The zero-order chi connectivity index (χ0) is 24.4. The van der Waals surface area contributed by atoms with Crippen LogP contribution >= 0.6 is 11.6 Å². The van der Waals surface area contributed by atoms with Gasteiger partial charge in [0.25, 0.3) is 0 Å². The van der Waals surface area contributed by atoms with Crippen molar-refractivity contribution in [3.8, 4) is 5.75 Å². The van der Waals surface area contributed by atoms with Gasteiger partial charge in [-0.25, -0.2) is 4.98 Å². The van der Waals surface area contributed by atoms with E-state index in [0.717, 1.165) is 29.0 Å². The molecule has 180 valence electrons. The van der Waals surface area contributed by atoms with Crippen LogP contribution in [0.25, 0.3) is 11.0 Å². The first-order valence-corrected chi connectivity index (χ1v) is 12.3. The molecule has 2 heterocycles. The minimum absolute atomic E-state index is 0.0718. The average molecular weight is 490 g/mol. The van der Waals surface area contributed by atoms with Crippen LogP contribution < -0.4 is 9.64 Å². The molecule has 35 heavy (non-hydrogen) atoms. The third-order valence-electron chi connectivity index (χ3n) is 6.49. The Morgan fingerprint density at radius 2 is 1.83 bits per heavy atom. The molecule has 0 radical (unpaired) electrons. The number of aliphatic hydroxyl groups excluding tert-OH is 1. The van der Waals surface area contributed by atoms with Crippen molar-refractivity contribution < 1.29 is 14.6 Å². The Morgan fingerprint density at radius 1 is 1.09 bits per heavy atom. The average Bonchev–Trinajstić information content (AvgIpc) is 3.44. The highest BCUT2D eigenvalue weighted by molar-refractivity contribution is 6.32. The summed E-state index contributed by atoms with van der Waals surface area (Å²) in [5.74, 6) is 1.36. The largest absolute Gasteiger partial charge is 0.489 e. The molecule has 1 aliphatic heterocycles. The van der Waals surface area contributed by atoms with E-state index in [1.165, 1.54) is 5.56 Å². The Bertz CT molecular complexity index is 1340. The number of hydrogen-bond donors (Lipinski definition) is 1. The summed E-state index contributed by atoms with van der Waals surface area (Å²) in [7, 11) is 0. The van der Waals surface area contributed by atoms with E-state index in [-0.39, 0.29) is 18.4 Å². The second kappa shape index (κ2) is 10.1. The number of rotatable bonds is 8. The number of aryl methyl sites for hydroxylation is 1. The van der Waals surface area contributed by atoms with Crippen molar-refractivity contribution in [1.29, 1.82) is 0 Å². The molecule has 0 saturated carbocycles. The van der Waals surface area contributed by atoms with Gasteiger partial charge in [-0.05, 0) is 48.4 Å². The van der Waals surface area contributed by atoms with Gasteiger partial charge in [0.2, 0.25) is 5.91 Å². The maximum Gasteiger partial charge on any atom is 0.227 e. The molecule has 0 aliphatic carbocycles. The third kappa shape index (κ3) is 4.90. The van der Waals surface area contributed by atoms with Crippen LogP contribution in [0.15, 0.2) is 72.8 Å². The van der Waals surface area contributed by atoms with Gasteiger partial charge >= 0.3 is 0 Å². The van der Waals surface area contributed by atoms with Crippen LogP contribution in [0.5, 0.6) is 5.75 Å². The van der Waals surface area contributed by atoms with Gasteiger partial charge in [0.15, 0.2) is 0 Å². The molecule has 0 spiro atoms. The molecular weight excluding hydrogens is 462 g/mol. The minimum atomic E-state index is -0.780. The number of para-hydroxylation sites is 3. The van der Waals surface area contributed by atoms with Gasteiger partial charge in [-0.3, -0.25) is 4.79 Å². The lowest BCUT2D eigenvalue weighted by Crippen LogP contribution is -2.26. The second-order valence-corrected chi connectivity index (χ2v) is 9.30. The molecule has 5 rings (SSSR count). The number of nitrogens with zero attached hydrogens (tertiary/aromatic N) is 3. The van der Waals surface area contributed by atoms with Gasteiger partial charge in [-0.2, -0.15) is 0 Å². The number of imidazole rings is 1. The van der Waals surface area contributed by atoms with E-state index in [1.807, 2.05) is 58.0 Å². The lowest BCUT2D eigenvalue weighted by atomic mass is 10.1. The zero-order valence-corrected chi connectivity index (χ0v) is 20.4. The first kappa shape index (κ1) is 23.4. The number of carbonyl (C=O) groups excluding carboxylic acids is 1. The van der Waals surface area contributed by atoms with Gasteiger partial charge in [-0.15, -0.1) is 0 Å². The van der Waals surface area contributed by atoms with Crippen LogP contribution in [0.3, 0.4) is 0 Å². The van der Waals surface area contributed by atoms with Crippen LogP contribution in [0.4, 0.5) is 5.69 Å². The minimum Gasteiger partial charge on any atom is -0.489 e. The molecule has 1 aromatic heterocycles. The molecule has 1 amide bonds. The highest BCUT2D eigenvalue weighted by Crippen LogP contribution is 2.33. The van der Waals surface area contributed by atoms with E-state index >= 15 is 0 Å². The maximum atomic E-state index is 13.0. The summed E-state index contributed by atoms with van der Waals surface area (Å²) in [5.41, 5.74) is 3.93. The highest BCUT2D eigenvalue weighted by atomic mass is 35.5. The fourth-order valence-corrected chi connectivity index (χ4v) is 4.84. The molecule has 1 saturated heterocycles. The van der Waals surface area contributed by atoms with E-state index in [1.54, 1.807) is 12.1 Å². The van der Waals surface area contributed by atoms with E-state index in [9.17, 15) is 9.90 Å². The van der Waals surface area contributed by atoms with Gasteiger partial charge in [-0.1, -0.05) is 54.9 Å². The van der Waals surface area contributed by atoms with Gasteiger partial charge in [0.05, 0.1) is 22.6 Å². The van der Waals surface area contributed by atoms with E-state index < -0.39 is 6.10 Å². The number of amides is 1. The van der Waals surface area contributed by atoms with Gasteiger partial charge in [0, 0.05) is 24.6 Å². The number of halogens is 1. The molecule has 6 nitrogen and oxygen atoms in total. The van der Waals surface area contributed by atoms with E-state index in [2.05, 4.69) is 19.1 Å². The van der Waals surface area contributed by atoms with Crippen molar-refractivity contribution in [2.24, 2.45) is 0 Å². The number of aliphatic hydroxyl groups is 1. The Labute approximate surface area is 209 Å². The predicted molar refractivity (Wildman–Crippen MR) is 138 cm³/mol. The molecule has 1 fully saturated rings. The number of carbonyl (C=O) groups is 1. The lowest BCUT2D eigenvalue weighted by Gasteiger charge is -2.19. The van der Waals surface area contributed by atoms with Crippen molar-refractivity contribution in [2.45, 2.75) is 38.3 Å². The van der Waals surface area contributed by atoms with Crippen molar-refractivity contribution >= 4 is 34.2 Å². The number of benzene rings is 3. The monoisotopic (exact) mass is 489 g/mol. The summed E-state index contributed by atoms with van der Waals surface area (Å²) >= 11 is 6.18. The number of fused-ring (bicyclic) bond motifs is 1. The fraction of sp³-hybridized carbons (Fsp3) is 0.286. The summed E-state index contributed by atoms with van der Waals surface area (Å²) in [6.45, 7) is 3.07. The molecule has 2 atom stereocenters. The SMILES string of the molecule is CCc1ccc(N2C[C@@H](c3nc4ccccc4n3C[C@H](O)COc3ccccc3Cl)CC2=O)cc1. The van der Waals surface area contributed by atoms with Crippen molar-refractivity contribution in [3.63, 3.8) is 0 Å². The summed E-state index contributed by atoms with van der Waals surface area (Å²) in [4.78, 5) is 19.7. The standard InChI is InChI=1S/C28H28ClN3O3/c1-2-19-11-13-21(14-12-19)31-16-20(15-27(31)34)28-30-24-8-4-5-9-25(24)32(28)17-22(33)18-35-26-10-6-3-7-23(26)29/h3-14,20,22,33H,2,15-18H2,1H3/t20-,22-/m0/s1. The summed E-state index contributed by atoms with van der Waals surface area (Å²) < 4.78 is 7.78. The van der Waals surface area contributed by atoms with E-state index in [4.69, 9.17) is 21.3 Å². The van der Waals surface area contributed by atoms with Crippen molar-refractivity contribution in [3.05, 3.63) is 89.2 Å². The van der Waals surface area contributed by atoms with Gasteiger partial charge < -0.3 is 19.3 Å². The number of ether oxygens (including phenoxy) is 1. The Hall–Kier alpha value is -3.35. The molecule has 7 heteroatoms. The van der Waals surface area contributed by atoms with Crippen LogP contribution in [0.1, 0.15) is 30.7 Å². The number of aromatic nitrogens is 2. The highest BCUT2D eigenvalue weighted by Gasteiger charge is 2.35. The van der Waals surface area contributed by atoms with Crippen LogP contribution in [-0.2, 0) is 17.8 Å². The van der Waals surface area contributed by atoms with Crippen LogP contribution in [0, 0.1) is 0 Å². The Balaban J connectivity index is 1.37. The molecule has 1 N–H and O–H groups in total. The van der Waals surface area contributed by atoms with Crippen LogP contribution in [0.2, 0.25) is 5.02 Å². The summed E-state index contributed by atoms with van der Waals surface area (Å²) in [5, 5.41) is 11.3. The Kier molecular flexibility index (Phi) is 6.75. The maximum absolute atomic E-state index is 13.0. The number of anilines is 1. The second-order valence-electron chi connectivity index (χ2n) is 8.89. The third-order valence-corrected chi connectivity index (χ3v) is 6.80. The molecule has 1 aliphatic rings. The first-order chi connectivity index (χ1) is 17.0. The van der Waals surface area contributed by atoms with Crippen LogP contribution in [-0.4, -0.2) is 39.8 Å².